The van der Waals surface area contributed by atoms with Gasteiger partial charge in [-0.05, 0) is 56.3 Å². The molecular weight excluding hydrogens is 384 g/mol. The predicted molar refractivity (Wildman–Crippen MR) is 104 cm³/mol. The molecule has 1 aromatic heterocycles. The standard InChI is InChI=1S/C19H22N2O6S/c1-14(2)21(3)28(24,25)17-9-6-15(7-10-17)20-18(22)13-27-19(23)11-8-16-5-4-12-26-16/h4-12,14H,13H2,1-3H3,(H,20,22)/b11-8+. The molecule has 1 heterocycles. The van der Waals surface area contributed by atoms with Crippen LogP contribution in [0.1, 0.15) is 19.6 Å². The molecule has 0 bridgehead atoms. The zero-order valence-corrected chi connectivity index (χ0v) is 16.6. The lowest BCUT2D eigenvalue weighted by Gasteiger charge is -2.21. The van der Waals surface area contributed by atoms with Gasteiger partial charge < -0.3 is 14.5 Å². The first-order valence-electron chi connectivity index (χ1n) is 8.46. The van der Waals surface area contributed by atoms with Crippen LogP contribution < -0.4 is 5.32 Å². The van der Waals surface area contributed by atoms with Gasteiger partial charge in [-0.1, -0.05) is 0 Å². The summed E-state index contributed by atoms with van der Waals surface area (Å²) in [5.74, 6) is -0.751. The van der Waals surface area contributed by atoms with Crippen molar-refractivity contribution in [2.45, 2.75) is 24.8 Å². The van der Waals surface area contributed by atoms with Gasteiger partial charge in [-0.2, -0.15) is 4.31 Å². The van der Waals surface area contributed by atoms with Crippen LogP contribution >= 0.6 is 0 Å². The van der Waals surface area contributed by atoms with Crippen molar-refractivity contribution in [3.8, 4) is 0 Å². The van der Waals surface area contributed by atoms with E-state index in [9.17, 15) is 18.0 Å². The molecule has 0 unspecified atom stereocenters. The van der Waals surface area contributed by atoms with Gasteiger partial charge in [-0.15, -0.1) is 0 Å². The molecule has 0 fully saturated rings. The highest BCUT2D eigenvalue weighted by Gasteiger charge is 2.22. The van der Waals surface area contributed by atoms with Crippen molar-refractivity contribution in [3.05, 3.63) is 54.5 Å². The summed E-state index contributed by atoms with van der Waals surface area (Å²) in [6.45, 7) is 3.08. The molecule has 9 heteroatoms. The van der Waals surface area contributed by atoms with Crippen LogP contribution in [0.25, 0.3) is 6.08 Å². The maximum atomic E-state index is 12.4. The second-order valence-electron chi connectivity index (χ2n) is 6.14. The average Bonchev–Trinajstić information content (AvgIpc) is 3.18. The summed E-state index contributed by atoms with van der Waals surface area (Å²) >= 11 is 0. The van der Waals surface area contributed by atoms with Crippen molar-refractivity contribution in [2.24, 2.45) is 0 Å². The van der Waals surface area contributed by atoms with Crippen molar-refractivity contribution in [3.63, 3.8) is 0 Å². The third kappa shape index (κ3) is 5.80. The molecule has 150 valence electrons. The summed E-state index contributed by atoms with van der Waals surface area (Å²) in [6, 6.07) is 8.91. The van der Waals surface area contributed by atoms with Crippen molar-refractivity contribution >= 4 is 33.7 Å². The molecule has 2 aromatic rings. The van der Waals surface area contributed by atoms with Gasteiger partial charge in [0.2, 0.25) is 10.0 Å². The summed E-state index contributed by atoms with van der Waals surface area (Å²) in [5.41, 5.74) is 0.387. The molecular formula is C19H22N2O6S. The van der Waals surface area contributed by atoms with Gasteiger partial charge >= 0.3 is 5.97 Å². The first-order valence-corrected chi connectivity index (χ1v) is 9.90. The quantitative estimate of drug-likeness (QED) is 0.533. The van der Waals surface area contributed by atoms with Crippen LogP contribution in [0.2, 0.25) is 0 Å². The average molecular weight is 406 g/mol. The molecule has 2 rings (SSSR count). The molecule has 1 amide bonds. The van der Waals surface area contributed by atoms with Gasteiger partial charge in [-0.3, -0.25) is 4.79 Å². The highest BCUT2D eigenvalue weighted by Crippen LogP contribution is 2.19. The maximum Gasteiger partial charge on any atom is 0.331 e. The Balaban J connectivity index is 1.88. The molecule has 0 radical (unpaired) electrons. The van der Waals surface area contributed by atoms with Crippen LogP contribution in [0, 0.1) is 0 Å². The second-order valence-corrected chi connectivity index (χ2v) is 8.14. The van der Waals surface area contributed by atoms with Gasteiger partial charge in [0.05, 0.1) is 11.2 Å². The molecule has 0 atom stereocenters. The highest BCUT2D eigenvalue weighted by atomic mass is 32.2. The van der Waals surface area contributed by atoms with Gasteiger partial charge in [0.1, 0.15) is 5.76 Å². The van der Waals surface area contributed by atoms with E-state index in [4.69, 9.17) is 9.15 Å². The predicted octanol–water partition coefficient (Wildman–Crippen LogP) is 2.50. The summed E-state index contributed by atoms with van der Waals surface area (Å²) in [4.78, 5) is 23.6. The van der Waals surface area contributed by atoms with E-state index in [1.165, 1.54) is 48.0 Å². The minimum Gasteiger partial charge on any atom is -0.465 e. The second kappa shape index (κ2) is 9.34. The Morgan fingerprint density at radius 2 is 1.89 bits per heavy atom. The zero-order chi connectivity index (χ0) is 20.7. The summed E-state index contributed by atoms with van der Waals surface area (Å²) < 4.78 is 35.9. The number of amides is 1. The minimum absolute atomic E-state index is 0.121. The van der Waals surface area contributed by atoms with E-state index in [0.717, 1.165) is 6.08 Å². The van der Waals surface area contributed by atoms with E-state index in [2.05, 4.69) is 5.32 Å². The minimum atomic E-state index is -3.59. The van der Waals surface area contributed by atoms with Crippen molar-refractivity contribution in [2.75, 3.05) is 19.0 Å². The molecule has 0 saturated carbocycles. The van der Waals surface area contributed by atoms with Crippen molar-refractivity contribution in [1.82, 2.24) is 4.31 Å². The number of nitrogens with one attached hydrogen (secondary N) is 1. The summed E-state index contributed by atoms with van der Waals surface area (Å²) in [6.07, 6.45) is 4.04. The third-order valence-electron chi connectivity index (χ3n) is 3.81. The molecule has 0 aliphatic carbocycles. The number of hydrogen-bond donors (Lipinski definition) is 1. The summed E-state index contributed by atoms with van der Waals surface area (Å²) in [5, 5.41) is 2.53. The Hall–Kier alpha value is -2.91. The smallest absolute Gasteiger partial charge is 0.331 e. The molecule has 0 saturated heterocycles. The monoisotopic (exact) mass is 406 g/mol. The molecule has 28 heavy (non-hydrogen) atoms. The number of carbonyl (C=O) groups excluding carboxylic acids is 2. The van der Waals surface area contributed by atoms with Crippen LogP contribution in [0.15, 0.2) is 58.1 Å². The van der Waals surface area contributed by atoms with Crippen LogP contribution in [0.5, 0.6) is 0 Å². The van der Waals surface area contributed by atoms with E-state index < -0.39 is 28.5 Å². The lowest BCUT2D eigenvalue weighted by Crippen LogP contribution is -2.33. The Labute approximate surface area is 163 Å². The summed E-state index contributed by atoms with van der Waals surface area (Å²) in [7, 11) is -2.09. The van der Waals surface area contributed by atoms with Gasteiger partial charge in [0.25, 0.3) is 5.91 Å². The zero-order valence-electron chi connectivity index (χ0n) is 15.8. The van der Waals surface area contributed by atoms with Crippen LogP contribution in [-0.2, 0) is 24.3 Å². The largest absolute Gasteiger partial charge is 0.465 e. The first kappa shape index (κ1) is 21.4. The van der Waals surface area contributed by atoms with Crippen LogP contribution in [0.4, 0.5) is 5.69 Å². The van der Waals surface area contributed by atoms with Gasteiger partial charge in [0.15, 0.2) is 6.61 Å². The van der Waals surface area contributed by atoms with Gasteiger partial charge in [-0.25, -0.2) is 13.2 Å². The fraction of sp³-hybridized carbons (Fsp3) is 0.263. The highest BCUT2D eigenvalue weighted by molar-refractivity contribution is 7.89. The van der Waals surface area contributed by atoms with E-state index in [0.29, 0.717) is 11.4 Å². The lowest BCUT2D eigenvalue weighted by atomic mass is 10.3. The number of sulfonamides is 1. The van der Waals surface area contributed by atoms with Gasteiger partial charge in [0, 0.05) is 24.9 Å². The molecule has 8 nitrogen and oxygen atoms in total. The molecule has 0 aliphatic heterocycles. The Bertz CT molecular complexity index is 931. The first-order chi connectivity index (χ1) is 13.2. The number of furan rings is 1. The number of esters is 1. The molecule has 0 spiro atoms. The SMILES string of the molecule is CC(C)N(C)S(=O)(=O)c1ccc(NC(=O)COC(=O)/C=C/c2ccco2)cc1. The topological polar surface area (TPSA) is 106 Å². The fourth-order valence-corrected chi connectivity index (χ4v) is 3.44. The maximum absolute atomic E-state index is 12.4. The van der Waals surface area contributed by atoms with E-state index in [1.807, 2.05) is 0 Å². The normalized spacial score (nSPS) is 11.9. The van der Waals surface area contributed by atoms with E-state index in [1.54, 1.807) is 26.0 Å². The van der Waals surface area contributed by atoms with Crippen molar-refractivity contribution in [1.29, 1.82) is 0 Å². The Kier molecular flexibility index (Phi) is 7.13. The molecule has 0 aliphatic rings. The fourth-order valence-electron chi connectivity index (χ4n) is 2.07. The number of benzene rings is 1. The van der Waals surface area contributed by atoms with Crippen LogP contribution in [0.3, 0.4) is 0 Å². The Morgan fingerprint density at radius 3 is 2.46 bits per heavy atom. The number of nitrogens with zero attached hydrogens (tertiary/aromatic N) is 1. The number of carbonyl (C=O) groups is 2. The Morgan fingerprint density at radius 1 is 1.21 bits per heavy atom. The van der Waals surface area contributed by atoms with E-state index in [-0.39, 0.29) is 10.9 Å². The number of anilines is 1. The molecule has 1 aromatic carbocycles. The lowest BCUT2D eigenvalue weighted by molar-refractivity contribution is -0.142. The van der Waals surface area contributed by atoms with Crippen molar-refractivity contribution < 1.29 is 27.2 Å². The number of hydrogen-bond acceptors (Lipinski definition) is 6. The molecule has 1 N–H and O–H groups in total. The van der Waals surface area contributed by atoms with E-state index >= 15 is 0 Å². The number of rotatable bonds is 8. The number of ether oxygens (including phenoxy) is 1. The van der Waals surface area contributed by atoms with Crippen LogP contribution in [-0.4, -0.2) is 44.3 Å². The third-order valence-corrected chi connectivity index (χ3v) is 5.86.